The molecule has 1 aromatic rings. The highest BCUT2D eigenvalue weighted by Crippen LogP contribution is 2.47. The first kappa shape index (κ1) is 13.9. The summed E-state index contributed by atoms with van der Waals surface area (Å²) in [4.78, 5) is 12.1. The Morgan fingerprint density at radius 1 is 1.45 bits per heavy atom. The number of hydrogen-bond acceptors (Lipinski definition) is 3. The summed E-state index contributed by atoms with van der Waals surface area (Å²) >= 11 is 1.72. The number of halogens is 1. The molecule has 2 N–H and O–H groups in total. The van der Waals surface area contributed by atoms with Crippen LogP contribution in [0.4, 0.5) is 4.39 Å². The molecular weight excluding hydrogens is 277 g/mol. The molecule has 1 aliphatic heterocycles. The summed E-state index contributed by atoms with van der Waals surface area (Å²) in [6.45, 7) is 0.339. The second kappa shape index (κ2) is 5.37. The Labute approximate surface area is 121 Å². The Balaban J connectivity index is 1.51. The first-order valence-corrected chi connectivity index (χ1v) is 8.06. The van der Waals surface area contributed by atoms with E-state index >= 15 is 0 Å². The van der Waals surface area contributed by atoms with Crippen LogP contribution in [0, 0.1) is 11.7 Å². The SMILES string of the molecule is O=C(NCC1(O)CCSC1)C1CC1c1ccc(F)cc1. The van der Waals surface area contributed by atoms with Crippen molar-refractivity contribution in [1.29, 1.82) is 0 Å². The fraction of sp³-hybridized carbons (Fsp3) is 0.533. The zero-order valence-electron chi connectivity index (χ0n) is 11.1. The van der Waals surface area contributed by atoms with Crippen LogP contribution in [-0.4, -0.2) is 34.7 Å². The van der Waals surface area contributed by atoms with Gasteiger partial charge in [-0.1, -0.05) is 12.1 Å². The maximum atomic E-state index is 12.9. The highest BCUT2D eigenvalue weighted by molar-refractivity contribution is 7.99. The minimum Gasteiger partial charge on any atom is -0.387 e. The van der Waals surface area contributed by atoms with Gasteiger partial charge in [-0.3, -0.25) is 4.79 Å². The molecule has 3 atom stereocenters. The fourth-order valence-corrected chi connectivity index (χ4v) is 3.98. The molecule has 20 heavy (non-hydrogen) atoms. The van der Waals surface area contributed by atoms with Crippen molar-refractivity contribution in [1.82, 2.24) is 5.32 Å². The number of rotatable bonds is 4. The van der Waals surface area contributed by atoms with Gasteiger partial charge in [0.25, 0.3) is 0 Å². The van der Waals surface area contributed by atoms with Gasteiger partial charge < -0.3 is 10.4 Å². The lowest BCUT2D eigenvalue weighted by Gasteiger charge is -2.21. The summed E-state index contributed by atoms with van der Waals surface area (Å²) in [6, 6.07) is 6.35. The molecular formula is C15H18FNO2S. The Bertz CT molecular complexity index is 499. The van der Waals surface area contributed by atoms with Gasteiger partial charge in [-0.2, -0.15) is 11.8 Å². The number of aliphatic hydroxyl groups is 1. The zero-order chi connectivity index (χ0) is 14.2. The van der Waals surface area contributed by atoms with E-state index in [1.165, 1.54) is 12.1 Å². The lowest BCUT2D eigenvalue weighted by Crippen LogP contribution is -2.43. The largest absolute Gasteiger partial charge is 0.387 e. The normalized spacial score (nSPS) is 32.1. The highest BCUT2D eigenvalue weighted by atomic mass is 32.2. The monoisotopic (exact) mass is 295 g/mol. The van der Waals surface area contributed by atoms with Gasteiger partial charge in [0.2, 0.25) is 5.91 Å². The van der Waals surface area contributed by atoms with E-state index in [0.29, 0.717) is 12.3 Å². The van der Waals surface area contributed by atoms with Gasteiger partial charge in [-0.05, 0) is 42.2 Å². The fourth-order valence-electron chi connectivity index (χ4n) is 2.68. The van der Waals surface area contributed by atoms with Crippen molar-refractivity contribution in [2.24, 2.45) is 5.92 Å². The van der Waals surface area contributed by atoms with Crippen molar-refractivity contribution in [3.05, 3.63) is 35.6 Å². The molecule has 0 spiro atoms. The third-order valence-electron chi connectivity index (χ3n) is 4.10. The Kier molecular flexibility index (Phi) is 3.73. The second-order valence-corrected chi connectivity index (χ2v) is 6.85. The van der Waals surface area contributed by atoms with Gasteiger partial charge >= 0.3 is 0 Å². The summed E-state index contributed by atoms with van der Waals surface area (Å²) in [6.07, 6.45) is 1.55. The van der Waals surface area contributed by atoms with Crippen LogP contribution in [0.3, 0.4) is 0 Å². The number of carbonyl (C=O) groups excluding carboxylic acids is 1. The molecule has 1 saturated heterocycles. The van der Waals surface area contributed by atoms with E-state index in [1.54, 1.807) is 23.9 Å². The molecule has 3 unspecified atom stereocenters. The Hall–Kier alpha value is -1.07. The topological polar surface area (TPSA) is 49.3 Å². The number of hydrogen-bond donors (Lipinski definition) is 2. The average Bonchev–Trinajstić information content (AvgIpc) is 3.13. The van der Waals surface area contributed by atoms with E-state index < -0.39 is 5.60 Å². The first-order valence-electron chi connectivity index (χ1n) is 6.91. The summed E-state index contributed by atoms with van der Waals surface area (Å²) in [5, 5.41) is 13.0. The van der Waals surface area contributed by atoms with Gasteiger partial charge in [-0.25, -0.2) is 4.39 Å². The Morgan fingerprint density at radius 3 is 2.85 bits per heavy atom. The quantitative estimate of drug-likeness (QED) is 0.892. The third-order valence-corrected chi connectivity index (χ3v) is 5.33. The van der Waals surface area contributed by atoms with Crippen molar-refractivity contribution in [3.63, 3.8) is 0 Å². The van der Waals surface area contributed by atoms with Crippen molar-refractivity contribution in [3.8, 4) is 0 Å². The molecule has 3 nitrogen and oxygen atoms in total. The van der Waals surface area contributed by atoms with Gasteiger partial charge in [0.15, 0.2) is 0 Å². The molecule has 0 aromatic heterocycles. The molecule has 0 bridgehead atoms. The molecule has 1 heterocycles. The van der Waals surface area contributed by atoms with Gasteiger partial charge in [-0.15, -0.1) is 0 Å². The van der Waals surface area contributed by atoms with Crippen LogP contribution < -0.4 is 5.32 Å². The van der Waals surface area contributed by atoms with Crippen LogP contribution in [0.25, 0.3) is 0 Å². The lowest BCUT2D eigenvalue weighted by molar-refractivity contribution is -0.123. The minimum atomic E-state index is -0.736. The average molecular weight is 295 g/mol. The molecule has 108 valence electrons. The molecule has 1 aromatic carbocycles. The van der Waals surface area contributed by atoms with Crippen molar-refractivity contribution >= 4 is 17.7 Å². The molecule has 3 rings (SSSR count). The molecule has 0 radical (unpaired) electrons. The smallest absolute Gasteiger partial charge is 0.223 e. The van der Waals surface area contributed by atoms with Crippen molar-refractivity contribution < 1.29 is 14.3 Å². The molecule has 1 saturated carbocycles. The van der Waals surface area contributed by atoms with Crippen LogP contribution >= 0.6 is 11.8 Å². The second-order valence-electron chi connectivity index (χ2n) is 5.74. The Morgan fingerprint density at radius 2 is 2.20 bits per heavy atom. The van der Waals surface area contributed by atoms with Gasteiger partial charge in [0, 0.05) is 18.2 Å². The number of nitrogens with one attached hydrogen (secondary N) is 1. The number of amides is 1. The number of benzene rings is 1. The third kappa shape index (κ3) is 2.99. The van der Waals surface area contributed by atoms with Crippen LogP contribution in [0.2, 0.25) is 0 Å². The van der Waals surface area contributed by atoms with Crippen LogP contribution in [0.15, 0.2) is 24.3 Å². The standard InChI is InChI=1S/C15H18FNO2S/c16-11-3-1-10(2-4-11)12-7-13(12)14(18)17-8-15(19)5-6-20-9-15/h1-4,12-13,19H,5-9H2,(H,17,18). The van der Waals surface area contributed by atoms with E-state index in [9.17, 15) is 14.3 Å². The predicted molar refractivity (Wildman–Crippen MR) is 77.1 cm³/mol. The number of thioether (sulfide) groups is 1. The van der Waals surface area contributed by atoms with E-state index in [-0.39, 0.29) is 23.6 Å². The van der Waals surface area contributed by atoms with E-state index in [0.717, 1.165) is 24.2 Å². The maximum Gasteiger partial charge on any atom is 0.223 e. The summed E-state index contributed by atoms with van der Waals surface area (Å²) < 4.78 is 12.9. The molecule has 5 heteroatoms. The molecule has 1 amide bonds. The van der Waals surface area contributed by atoms with Crippen LogP contribution in [0.5, 0.6) is 0 Å². The van der Waals surface area contributed by atoms with Gasteiger partial charge in [0.05, 0.1) is 5.60 Å². The zero-order valence-corrected chi connectivity index (χ0v) is 12.0. The minimum absolute atomic E-state index is 0.00431. The molecule has 1 aliphatic carbocycles. The maximum absolute atomic E-state index is 12.9. The van der Waals surface area contributed by atoms with Crippen molar-refractivity contribution in [2.45, 2.75) is 24.4 Å². The summed E-state index contributed by atoms with van der Waals surface area (Å²) in [5.41, 5.74) is 0.280. The van der Waals surface area contributed by atoms with E-state index in [4.69, 9.17) is 0 Å². The summed E-state index contributed by atoms with van der Waals surface area (Å²) in [7, 11) is 0. The highest BCUT2D eigenvalue weighted by Gasteiger charge is 2.44. The van der Waals surface area contributed by atoms with Gasteiger partial charge in [0.1, 0.15) is 5.82 Å². The molecule has 2 fully saturated rings. The molecule has 2 aliphatic rings. The van der Waals surface area contributed by atoms with E-state index in [1.807, 2.05) is 0 Å². The number of carbonyl (C=O) groups is 1. The summed E-state index contributed by atoms with van der Waals surface area (Å²) in [5.74, 6) is 1.56. The van der Waals surface area contributed by atoms with Crippen LogP contribution in [0.1, 0.15) is 24.3 Å². The van der Waals surface area contributed by atoms with Crippen molar-refractivity contribution in [2.75, 3.05) is 18.1 Å². The predicted octanol–water partition coefficient (Wildman–Crippen LogP) is 1.91. The first-order chi connectivity index (χ1) is 9.57. The lowest BCUT2D eigenvalue weighted by atomic mass is 10.0. The van der Waals surface area contributed by atoms with Crippen LogP contribution in [-0.2, 0) is 4.79 Å². The van der Waals surface area contributed by atoms with E-state index in [2.05, 4.69) is 5.32 Å².